The molecule has 0 N–H and O–H groups in total. The standard InChI is InChI=1S/C26H33F5O8S/c1-12(3-8-21(35)39-23(25(27,28)29)26(30,31)40(36,37)38)17-6-7-18-22-16(11-20(34)24(17,18)2)15-5-4-14(32)9-13(15)10-19(22)33/h12-13,15-18,22-23H,3-11H2,1-2H3,(H,36,37,38)/p-1. The zero-order chi connectivity index (χ0) is 30.0. The molecule has 9 unspecified atom stereocenters. The smallest absolute Gasteiger partial charge is 0.432 e. The van der Waals surface area contributed by atoms with Crippen LogP contribution in [0.5, 0.6) is 0 Å². The van der Waals surface area contributed by atoms with Crippen LogP contribution in [-0.4, -0.2) is 53.8 Å². The molecule has 4 fully saturated rings. The van der Waals surface area contributed by atoms with E-state index in [4.69, 9.17) is 0 Å². The van der Waals surface area contributed by atoms with Crippen molar-refractivity contribution in [1.29, 1.82) is 0 Å². The van der Waals surface area contributed by atoms with Gasteiger partial charge in [0.15, 0.2) is 10.1 Å². The van der Waals surface area contributed by atoms with Crippen LogP contribution in [0.4, 0.5) is 22.0 Å². The number of rotatable bonds is 7. The van der Waals surface area contributed by atoms with Gasteiger partial charge in [0.2, 0.25) is 0 Å². The third-order valence-electron chi connectivity index (χ3n) is 10.2. The first-order valence-electron chi connectivity index (χ1n) is 13.5. The average Bonchev–Trinajstić information content (AvgIpc) is 3.17. The van der Waals surface area contributed by atoms with Gasteiger partial charge in [-0.15, -0.1) is 0 Å². The molecule has 9 atom stereocenters. The highest BCUT2D eigenvalue weighted by Gasteiger charge is 2.64. The maximum Gasteiger partial charge on any atom is 0.432 e. The van der Waals surface area contributed by atoms with Crippen molar-refractivity contribution in [2.45, 2.75) is 89.2 Å². The summed E-state index contributed by atoms with van der Waals surface area (Å²) < 4.78 is 103. The lowest BCUT2D eigenvalue weighted by molar-refractivity contribution is -0.259. The third-order valence-corrected chi connectivity index (χ3v) is 11.0. The normalized spacial score (nSPS) is 36.4. The van der Waals surface area contributed by atoms with Crippen molar-refractivity contribution in [3.05, 3.63) is 0 Å². The minimum atomic E-state index is -6.79. The number of alkyl halides is 5. The predicted octanol–water partition coefficient (Wildman–Crippen LogP) is 4.21. The first-order chi connectivity index (χ1) is 18.3. The van der Waals surface area contributed by atoms with Crippen molar-refractivity contribution in [3.8, 4) is 0 Å². The second-order valence-electron chi connectivity index (χ2n) is 12.2. The van der Waals surface area contributed by atoms with Crippen molar-refractivity contribution < 1.29 is 58.8 Å². The Balaban J connectivity index is 1.45. The van der Waals surface area contributed by atoms with Gasteiger partial charge in [-0.1, -0.05) is 13.8 Å². The van der Waals surface area contributed by atoms with E-state index in [1.807, 2.05) is 0 Å². The summed E-state index contributed by atoms with van der Waals surface area (Å²) in [4.78, 5) is 51.0. The molecule has 0 aromatic heterocycles. The maximum atomic E-state index is 13.7. The van der Waals surface area contributed by atoms with Crippen LogP contribution in [0.15, 0.2) is 0 Å². The van der Waals surface area contributed by atoms with Crippen molar-refractivity contribution in [1.82, 2.24) is 0 Å². The fourth-order valence-corrected chi connectivity index (χ4v) is 8.74. The number of ether oxygens (including phenoxy) is 1. The number of hydrogen-bond donors (Lipinski definition) is 0. The Morgan fingerprint density at radius 2 is 1.70 bits per heavy atom. The molecule has 0 radical (unpaired) electrons. The summed E-state index contributed by atoms with van der Waals surface area (Å²) in [7, 11) is -6.79. The molecule has 0 aromatic rings. The van der Waals surface area contributed by atoms with Gasteiger partial charge in [0.25, 0.3) is 6.10 Å². The summed E-state index contributed by atoms with van der Waals surface area (Å²) in [5.41, 5.74) is -0.921. The van der Waals surface area contributed by atoms with Gasteiger partial charge < -0.3 is 9.29 Å². The second kappa shape index (κ2) is 10.4. The number of hydrogen-bond acceptors (Lipinski definition) is 8. The number of carbonyl (C=O) groups excluding carboxylic acids is 4. The molecule has 226 valence electrons. The van der Waals surface area contributed by atoms with E-state index in [-0.39, 0.29) is 65.7 Å². The van der Waals surface area contributed by atoms with Crippen LogP contribution < -0.4 is 0 Å². The van der Waals surface area contributed by atoms with Crippen LogP contribution in [0.3, 0.4) is 0 Å². The fourth-order valence-electron chi connectivity index (χ4n) is 8.30. The maximum absolute atomic E-state index is 13.7. The van der Waals surface area contributed by atoms with Crippen molar-refractivity contribution in [2.75, 3.05) is 0 Å². The molecule has 4 rings (SSSR count). The number of carbonyl (C=O) groups is 4. The first kappa shape index (κ1) is 31.0. The van der Waals surface area contributed by atoms with E-state index in [2.05, 4.69) is 4.74 Å². The average molecular weight is 600 g/mol. The molecule has 4 saturated carbocycles. The second-order valence-corrected chi connectivity index (χ2v) is 13.7. The van der Waals surface area contributed by atoms with Gasteiger partial charge in [0.05, 0.1) is 0 Å². The highest BCUT2D eigenvalue weighted by molar-refractivity contribution is 7.86. The van der Waals surface area contributed by atoms with Gasteiger partial charge >= 0.3 is 17.4 Å². The highest BCUT2D eigenvalue weighted by atomic mass is 32.2. The highest BCUT2D eigenvalue weighted by Crippen LogP contribution is 2.63. The van der Waals surface area contributed by atoms with Crippen molar-refractivity contribution in [2.24, 2.45) is 46.8 Å². The van der Waals surface area contributed by atoms with E-state index in [1.54, 1.807) is 13.8 Å². The Morgan fingerprint density at radius 1 is 1.05 bits per heavy atom. The quantitative estimate of drug-likeness (QED) is 0.241. The van der Waals surface area contributed by atoms with E-state index in [0.29, 0.717) is 38.5 Å². The monoisotopic (exact) mass is 599 g/mol. The molecule has 0 bridgehead atoms. The van der Waals surface area contributed by atoms with Gasteiger partial charge in [0, 0.05) is 43.4 Å². The fraction of sp³-hybridized carbons (Fsp3) is 0.846. The lowest BCUT2D eigenvalue weighted by Crippen LogP contribution is -2.56. The number of esters is 1. The summed E-state index contributed by atoms with van der Waals surface area (Å²) >= 11 is 0. The lowest BCUT2D eigenvalue weighted by Gasteiger charge is -2.54. The Bertz CT molecular complexity index is 1180. The van der Waals surface area contributed by atoms with E-state index >= 15 is 0 Å². The molecule has 4 aliphatic carbocycles. The molecular weight excluding hydrogens is 567 g/mol. The van der Waals surface area contributed by atoms with Gasteiger partial charge in [-0.3, -0.25) is 19.2 Å². The summed E-state index contributed by atoms with van der Waals surface area (Å²) in [5, 5.41) is -5.92. The van der Waals surface area contributed by atoms with Crippen LogP contribution in [0.25, 0.3) is 0 Å². The summed E-state index contributed by atoms with van der Waals surface area (Å²) in [6, 6.07) is 0. The van der Waals surface area contributed by atoms with E-state index in [9.17, 15) is 54.1 Å². The zero-order valence-electron chi connectivity index (χ0n) is 22.0. The minimum absolute atomic E-state index is 0.0292. The molecule has 0 aromatic carbocycles. The van der Waals surface area contributed by atoms with E-state index in [1.165, 1.54) is 0 Å². The predicted molar refractivity (Wildman–Crippen MR) is 125 cm³/mol. The molecule has 0 amide bonds. The molecular formula is C26H32F5O8S-. The van der Waals surface area contributed by atoms with Crippen molar-refractivity contribution in [3.63, 3.8) is 0 Å². The van der Waals surface area contributed by atoms with Crippen molar-refractivity contribution >= 4 is 33.4 Å². The largest absolute Gasteiger partial charge is 0.743 e. The summed E-state index contributed by atoms with van der Waals surface area (Å²) in [5.74, 6) is -3.02. The zero-order valence-corrected chi connectivity index (χ0v) is 22.9. The Morgan fingerprint density at radius 3 is 2.30 bits per heavy atom. The Kier molecular flexibility index (Phi) is 8.05. The molecule has 0 spiro atoms. The lowest BCUT2D eigenvalue weighted by atomic mass is 9.48. The van der Waals surface area contributed by atoms with Crippen LogP contribution in [-0.2, 0) is 34.0 Å². The van der Waals surface area contributed by atoms with Gasteiger partial charge in [-0.2, -0.15) is 22.0 Å². The summed E-state index contributed by atoms with van der Waals surface area (Å²) in [6.45, 7) is 3.46. The Hall–Kier alpha value is -1.96. The number of fused-ring (bicyclic) bond motifs is 5. The number of Topliss-reactive ketones (excluding diaryl/α,β-unsaturated/α-hetero) is 3. The minimum Gasteiger partial charge on any atom is -0.743 e. The number of ketones is 3. The van der Waals surface area contributed by atoms with Crippen LogP contribution >= 0.6 is 0 Å². The van der Waals surface area contributed by atoms with Crippen LogP contribution in [0.1, 0.15) is 71.6 Å². The Labute approximate surface area is 228 Å². The van der Waals surface area contributed by atoms with Gasteiger partial charge in [-0.05, 0) is 61.2 Å². The van der Waals surface area contributed by atoms with E-state index in [0.717, 1.165) is 0 Å². The van der Waals surface area contributed by atoms with Gasteiger partial charge in [0.1, 0.15) is 17.3 Å². The molecule has 4 aliphatic rings. The number of halogens is 5. The molecule has 0 aliphatic heterocycles. The molecule has 0 saturated heterocycles. The molecule has 14 heteroatoms. The molecule has 0 heterocycles. The first-order valence-corrected chi connectivity index (χ1v) is 14.9. The van der Waals surface area contributed by atoms with Crippen LogP contribution in [0.2, 0.25) is 0 Å². The molecule has 8 nitrogen and oxygen atoms in total. The summed E-state index contributed by atoms with van der Waals surface area (Å²) in [6.07, 6.45) is -8.38. The van der Waals surface area contributed by atoms with Gasteiger partial charge in [-0.25, -0.2) is 8.42 Å². The topological polar surface area (TPSA) is 135 Å². The van der Waals surface area contributed by atoms with E-state index < -0.39 is 51.4 Å². The third kappa shape index (κ3) is 5.22. The van der Waals surface area contributed by atoms with Crippen LogP contribution in [0, 0.1) is 46.8 Å². The SMILES string of the molecule is CC(CCC(=O)OC(C(F)(F)F)C(F)(F)S(=O)(=O)[O-])C1CCC2C3C(=O)CC4CC(=O)CCC4C3CC(=O)C12C. The molecule has 40 heavy (non-hydrogen) atoms.